The average Bonchev–Trinajstić information content (AvgIpc) is 3.28. The van der Waals surface area contributed by atoms with Crippen LogP contribution in [-0.4, -0.2) is 138 Å². The van der Waals surface area contributed by atoms with Gasteiger partial charge in [-0.15, -0.1) is 0 Å². The summed E-state index contributed by atoms with van der Waals surface area (Å²) in [6, 6.07) is 11.8. The van der Waals surface area contributed by atoms with E-state index in [1.807, 2.05) is 18.2 Å². The van der Waals surface area contributed by atoms with E-state index in [4.69, 9.17) is 5.73 Å². The number of Topliss-reactive ketones (excluding diaryl/α,β-unsaturated/α-hetero) is 1. The second-order valence-corrected chi connectivity index (χ2v) is 25.7. The molecular weight excluding hydrogens is 1100 g/mol. The molecule has 0 radical (unpaired) electrons. The van der Waals surface area contributed by atoms with Gasteiger partial charge in [-0.2, -0.15) is 0 Å². The van der Waals surface area contributed by atoms with Gasteiger partial charge in [0.15, 0.2) is 15.6 Å². The normalized spacial score (nSPS) is 22.0. The maximum absolute atomic E-state index is 15.0. The van der Waals surface area contributed by atoms with E-state index >= 15 is 4.79 Å². The summed E-state index contributed by atoms with van der Waals surface area (Å²) in [5.41, 5.74) is 6.61. The number of aryl methyl sites for hydroxylation is 2. The number of fused-ring (bicyclic) bond motifs is 3. The highest BCUT2D eigenvalue weighted by Gasteiger charge is 2.46. The number of hydrogen-bond donors (Lipinski definition) is 7. The molecule has 9 rings (SSSR count). The van der Waals surface area contributed by atoms with Crippen LogP contribution in [0.4, 0.5) is 0 Å². The fourth-order valence-electron chi connectivity index (χ4n) is 12.1. The number of aromatic nitrogens is 3. The van der Waals surface area contributed by atoms with Crippen molar-refractivity contribution in [3.8, 4) is 0 Å². The van der Waals surface area contributed by atoms with Crippen molar-refractivity contribution < 1.29 is 65.9 Å². The Balaban J connectivity index is 0.889. The van der Waals surface area contributed by atoms with E-state index in [1.165, 1.54) is 50.4 Å². The number of hydrogen-bond acceptors (Lipinski definition) is 13. The second kappa shape index (κ2) is 24.1. The van der Waals surface area contributed by atoms with Crippen LogP contribution in [0.1, 0.15) is 121 Å². The number of carbonyl (C=O) groups is 9. The van der Waals surface area contributed by atoms with Crippen molar-refractivity contribution in [1.82, 2.24) is 39.9 Å². The lowest BCUT2D eigenvalue weighted by Crippen LogP contribution is -2.61. The summed E-state index contributed by atoms with van der Waals surface area (Å²) in [7, 11) is -6.94. The molecule has 2 aromatic heterocycles. The fraction of sp³-hybridized carbons (Fsp3) is 0.464. The predicted octanol–water partition coefficient (Wildman–Crippen LogP) is 2.60. The lowest BCUT2D eigenvalue weighted by atomic mass is 9.78. The molecule has 5 heterocycles. The number of amides is 7. The summed E-state index contributed by atoms with van der Waals surface area (Å²) < 4.78 is 38.7. The minimum Gasteiger partial charge on any atom is -0.370 e. The van der Waals surface area contributed by atoms with Crippen LogP contribution < -0.4 is 27.4 Å². The van der Waals surface area contributed by atoms with Crippen molar-refractivity contribution in [2.24, 2.45) is 24.6 Å². The molecular formula is C56H66N9O15PS. The third-order valence-electron chi connectivity index (χ3n) is 16.6. The number of H-pyrrole nitrogens is 1. The molecule has 82 heavy (non-hydrogen) atoms. The maximum atomic E-state index is 15.0. The van der Waals surface area contributed by atoms with Crippen LogP contribution in [0.15, 0.2) is 76.4 Å². The van der Waals surface area contributed by atoms with Gasteiger partial charge in [-0.1, -0.05) is 18.2 Å². The Morgan fingerprint density at radius 1 is 0.829 bits per heavy atom. The number of benzene rings is 3. The third kappa shape index (κ3) is 13.2. The predicted molar refractivity (Wildman–Crippen MR) is 296 cm³/mol. The molecule has 1 aliphatic carbocycles. The molecule has 8 N–H and O–H groups in total. The van der Waals surface area contributed by atoms with Gasteiger partial charge in [0.25, 0.3) is 11.4 Å². The molecule has 1 unspecified atom stereocenters. The average molecular weight is 1170 g/mol. The van der Waals surface area contributed by atoms with E-state index in [-0.39, 0.29) is 115 Å². The van der Waals surface area contributed by atoms with E-state index in [0.717, 1.165) is 43.9 Å². The number of ketones is 1. The van der Waals surface area contributed by atoms with Crippen LogP contribution in [-0.2, 0) is 67.9 Å². The maximum Gasteiger partial charge on any atom is 0.396 e. The number of sulfone groups is 1. The van der Waals surface area contributed by atoms with Gasteiger partial charge in [0.1, 0.15) is 23.8 Å². The molecule has 1 saturated carbocycles. The Labute approximate surface area is 471 Å². The van der Waals surface area contributed by atoms with Gasteiger partial charge in [0.05, 0.1) is 22.0 Å². The highest BCUT2D eigenvalue weighted by atomic mass is 32.2. The van der Waals surface area contributed by atoms with Crippen molar-refractivity contribution >= 4 is 92.0 Å². The van der Waals surface area contributed by atoms with E-state index in [9.17, 15) is 65.9 Å². The monoisotopic (exact) mass is 1170 g/mol. The van der Waals surface area contributed by atoms with Crippen LogP contribution in [0, 0.1) is 11.8 Å². The zero-order valence-corrected chi connectivity index (χ0v) is 47.0. The quantitative estimate of drug-likeness (QED) is 0.0462. The number of aromatic amines is 1. The lowest BCUT2D eigenvalue weighted by Gasteiger charge is -2.39. The zero-order chi connectivity index (χ0) is 58.9. The molecule has 5 atom stereocenters. The lowest BCUT2D eigenvalue weighted by molar-refractivity contribution is -0.146. The number of nitrogens with two attached hydrogens (primary N) is 1. The molecule has 26 heteroatoms. The summed E-state index contributed by atoms with van der Waals surface area (Å²) in [5, 5.41) is 8.13. The van der Waals surface area contributed by atoms with Crippen LogP contribution in [0.2, 0.25) is 0 Å². The Morgan fingerprint density at radius 3 is 2.22 bits per heavy atom. The Hall–Kier alpha value is -7.60. The first-order valence-corrected chi connectivity index (χ1v) is 30.9. The van der Waals surface area contributed by atoms with Crippen molar-refractivity contribution in [1.29, 1.82) is 0 Å². The second-order valence-electron chi connectivity index (χ2n) is 22.2. The third-order valence-corrected chi connectivity index (χ3v) is 18.5. The van der Waals surface area contributed by atoms with Crippen molar-refractivity contribution in [3.63, 3.8) is 0 Å². The molecule has 3 aliphatic heterocycles. The molecule has 24 nitrogen and oxygen atoms in total. The first-order valence-electron chi connectivity index (χ1n) is 27.4. The largest absolute Gasteiger partial charge is 0.396 e. The van der Waals surface area contributed by atoms with Crippen LogP contribution >= 0.6 is 7.60 Å². The summed E-state index contributed by atoms with van der Waals surface area (Å²) in [6.07, 6.45) is 6.00. The first-order chi connectivity index (χ1) is 38.8. The molecule has 436 valence electrons. The molecule has 3 saturated heterocycles. The summed E-state index contributed by atoms with van der Waals surface area (Å²) in [4.78, 5) is 159. The van der Waals surface area contributed by atoms with Gasteiger partial charge >= 0.3 is 13.3 Å². The molecule has 7 amide bonds. The van der Waals surface area contributed by atoms with Gasteiger partial charge in [0.2, 0.25) is 35.4 Å². The van der Waals surface area contributed by atoms with Crippen molar-refractivity contribution in [2.75, 3.05) is 19.3 Å². The fourth-order valence-corrected chi connectivity index (χ4v) is 13.2. The standard InChI is InChI=1S/C56H66N9O15PS/c1-62-46-26-34(9-17-43(46)65(56(62)75)45-19-22-49(68)61-53(45)72)25-32-3-5-33(6-4-32)27-50(69)63-24-23-37-12-18-44(52(71)59-40(16-21-48(57)67)47(66)20-10-31-7-13-38(14-8-31)82(2,79)80)64(37)54(73)42(30-63)60-51(70)41-29-36-28-35(11-15-39(36)58-41)55(74)81(76,77)78/h7-9,11,13-15,17,26,28-29,32-33,37,40,42,44-45,58H,3-6,10,12,16,18-25,27,30H2,1-2H3,(H2,57,67)(H,59,71)(H,60,70)(H,61,68,72)(H2,76,77,78)/t32?,33?,37-,40+,42+,44+,45?/m1/s1. The number of rotatable bonds is 19. The molecule has 0 spiro atoms. The highest BCUT2D eigenvalue weighted by molar-refractivity contribution is 7.90. The van der Waals surface area contributed by atoms with Gasteiger partial charge in [0, 0.05) is 74.6 Å². The summed E-state index contributed by atoms with van der Waals surface area (Å²) in [5.74, 6) is -4.07. The number of imidazole rings is 1. The first kappa shape index (κ1) is 59.0. The van der Waals surface area contributed by atoms with Gasteiger partial charge in [-0.25, -0.2) is 13.2 Å². The molecule has 4 fully saturated rings. The number of imide groups is 1. The Morgan fingerprint density at radius 2 is 1.54 bits per heavy atom. The van der Waals surface area contributed by atoms with E-state index in [2.05, 4.69) is 20.9 Å². The van der Waals surface area contributed by atoms with Crippen LogP contribution in [0.5, 0.6) is 0 Å². The molecule has 5 aromatic rings. The number of nitrogens with one attached hydrogen (secondary N) is 4. The van der Waals surface area contributed by atoms with E-state index in [0.29, 0.717) is 35.0 Å². The highest BCUT2D eigenvalue weighted by Crippen LogP contribution is 2.40. The summed E-state index contributed by atoms with van der Waals surface area (Å²) in [6.45, 7) is -0.0914. The zero-order valence-electron chi connectivity index (χ0n) is 45.3. The molecule has 4 aliphatic rings. The minimum atomic E-state index is -5.14. The van der Waals surface area contributed by atoms with Crippen LogP contribution in [0.3, 0.4) is 0 Å². The number of carbonyl (C=O) groups excluding carboxylic acids is 9. The molecule has 3 aromatic carbocycles. The van der Waals surface area contributed by atoms with Gasteiger partial charge in [-0.05, 0) is 142 Å². The van der Waals surface area contributed by atoms with E-state index < -0.39 is 88.5 Å². The Kier molecular flexibility index (Phi) is 17.3. The van der Waals surface area contributed by atoms with Crippen molar-refractivity contribution in [2.45, 2.75) is 131 Å². The molecule has 0 bridgehead atoms. The SMILES string of the molecule is Cn1c(=O)n(C2CCC(=O)NC2=O)c2ccc(CC3CCC(CC(=O)N4CC[C@H]5CC[C@@H](C(=O)N[C@@H](CCC(N)=O)C(=O)CCc6ccc(S(C)(=O)=O)cc6)N5C(=O)[C@@H](NC(=O)c5cc6cc(C(=O)P(=O)(O)O)ccc6[nH]5)C4)CC3)cc21. The number of nitrogens with zero attached hydrogens (tertiary/aromatic N) is 4. The van der Waals surface area contributed by atoms with Gasteiger partial charge in [-0.3, -0.25) is 62.2 Å². The smallest absolute Gasteiger partial charge is 0.370 e. The number of primary amides is 1. The Bertz CT molecular complexity index is 3630. The summed E-state index contributed by atoms with van der Waals surface area (Å²) >= 11 is 0. The van der Waals surface area contributed by atoms with Crippen LogP contribution in [0.25, 0.3) is 21.9 Å². The number of piperidine rings is 1. The van der Waals surface area contributed by atoms with Gasteiger partial charge < -0.3 is 40.9 Å². The van der Waals surface area contributed by atoms with Crippen molar-refractivity contribution in [3.05, 3.63) is 99.6 Å². The minimum absolute atomic E-state index is 0.0131. The topological polar surface area (TPSA) is 357 Å². The van der Waals surface area contributed by atoms with E-state index in [1.54, 1.807) is 24.1 Å².